The first-order valence-corrected chi connectivity index (χ1v) is 9.82. The van der Waals surface area contributed by atoms with Crippen molar-refractivity contribution in [1.82, 2.24) is 4.90 Å². The number of aryl methyl sites for hydroxylation is 1. The van der Waals surface area contributed by atoms with Crippen LogP contribution in [0.2, 0.25) is 0 Å². The zero-order chi connectivity index (χ0) is 19.4. The molecule has 0 saturated carbocycles. The average molecular weight is 367 g/mol. The third-order valence-electron chi connectivity index (χ3n) is 5.67. The van der Waals surface area contributed by atoms with E-state index in [2.05, 4.69) is 65.3 Å². The quantitative estimate of drug-likeness (QED) is 0.832. The van der Waals surface area contributed by atoms with Crippen LogP contribution in [-0.4, -0.2) is 43.2 Å². The van der Waals surface area contributed by atoms with Crippen LogP contribution in [0.1, 0.15) is 42.5 Å². The molecule has 27 heavy (non-hydrogen) atoms. The predicted molar refractivity (Wildman–Crippen MR) is 110 cm³/mol. The summed E-state index contributed by atoms with van der Waals surface area (Å²) in [4.78, 5) is 15.9. The SMILES string of the molecule is CCc1ccc(C(c2ccc(N(C)C)cc2)N2CCC(C(=O)O)CC2)cc1. The Hall–Kier alpha value is -2.33. The van der Waals surface area contributed by atoms with E-state index in [0.29, 0.717) is 12.8 Å². The van der Waals surface area contributed by atoms with E-state index in [4.69, 9.17) is 0 Å². The molecule has 0 aliphatic carbocycles. The molecule has 3 rings (SSSR count). The van der Waals surface area contributed by atoms with E-state index in [1.54, 1.807) is 0 Å². The number of anilines is 1. The van der Waals surface area contributed by atoms with E-state index < -0.39 is 5.97 Å². The molecule has 1 heterocycles. The number of carboxylic acids is 1. The maximum Gasteiger partial charge on any atom is 0.306 e. The molecule has 1 N–H and O–H groups in total. The van der Waals surface area contributed by atoms with E-state index >= 15 is 0 Å². The summed E-state index contributed by atoms with van der Waals surface area (Å²) >= 11 is 0. The van der Waals surface area contributed by atoms with Crippen molar-refractivity contribution >= 4 is 11.7 Å². The summed E-state index contributed by atoms with van der Waals surface area (Å²) in [6.45, 7) is 3.79. The van der Waals surface area contributed by atoms with Gasteiger partial charge in [0, 0.05) is 19.8 Å². The Labute approximate surface area is 162 Å². The highest BCUT2D eigenvalue weighted by atomic mass is 16.4. The maximum atomic E-state index is 11.3. The minimum absolute atomic E-state index is 0.168. The lowest BCUT2D eigenvalue weighted by Gasteiger charge is -2.37. The molecule has 1 aliphatic rings. The van der Waals surface area contributed by atoms with Crippen LogP contribution in [-0.2, 0) is 11.2 Å². The largest absolute Gasteiger partial charge is 0.481 e. The minimum Gasteiger partial charge on any atom is -0.481 e. The first-order chi connectivity index (χ1) is 13.0. The number of rotatable bonds is 6. The first kappa shape index (κ1) is 19.4. The molecular weight excluding hydrogens is 336 g/mol. The third-order valence-corrected chi connectivity index (χ3v) is 5.67. The Morgan fingerprint density at radius 3 is 2.00 bits per heavy atom. The smallest absolute Gasteiger partial charge is 0.306 e. The molecule has 0 spiro atoms. The zero-order valence-electron chi connectivity index (χ0n) is 16.6. The lowest BCUT2D eigenvalue weighted by Crippen LogP contribution is -2.39. The number of hydrogen-bond donors (Lipinski definition) is 1. The summed E-state index contributed by atoms with van der Waals surface area (Å²) in [7, 11) is 4.10. The van der Waals surface area contributed by atoms with Gasteiger partial charge < -0.3 is 10.0 Å². The van der Waals surface area contributed by atoms with Gasteiger partial charge in [0.05, 0.1) is 12.0 Å². The van der Waals surface area contributed by atoms with Crippen molar-refractivity contribution in [3.63, 3.8) is 0 Å². The van der Waals surface area contributed by atoms with Crippen LogP contribution < -0.4 is 4.90 Å². The molecular formula is C23H30N2O2. The van der Waals surface area contributed by atoms with Crippen molar-refractivity contribution in [1.29, 1.82) is 0 Å². The fraction of sp³-hybridized carbons (Fsp3) is 0.435. The normalized spacial score (nSPS) is 16.9. The minimum atomic E-state index is -0.658. The Bertz CT molecular complexity index is 745. The van der Waals surface area contributed by atoms with Crippen molar-refractivity contribution in [2.45, 2.75) is 32.2 Å². The summed E-state index contributed by atoms with van der Waals surface area (Å²) in [5.74, 6) is -0.866. The number of carboxylic acid groups (broad SMARTS) is 1. The molecule has 0 amide bonds. The second-order valence-corrected chi connectivity index (χ2v) is 7.63. The van der Waals surface area contributed by atoms with Crippen LogP contribution >= 0.6 is 0 Å². The molecule has 0 aromatic heterocycles. The van der Waals surface area contributed by atoms with Crippen molar-refractivity contribution in [3.05, 3.63) is 65.2 Å². The summed E-state index contributed by atoms with van der Waals surface area (Å²) < 4.78 is 0. The molecule has 0 bridgehead atoms. The monoisotopic (exact) mass is 366 g/mol. The third kappa shape index (κ3) is 4.51. The Morgan fingerprint density at radius 2 is 1.56 bits per heavy atom. The Balaban J connectivity index is 1.90. The van der Waals surface area contributed by atoms with Gasteiger partial charge in [0.2, 0.25) is 0 Å². The van der Waals surface area contributed by atoms with Crippen molar-refractivity contribution in [2.24, 2.45) is 5.92 Å². The van der Waals surface area contributed by atoms with Gasteiger partial charge in [-0.1, -0.05) is 43.3 Å². The second kappa shape index (κ2) is 8.57. The van der Waals surface area contributed by atoms with Crippen molar-refractivity contribution in [2.75, 3.05) is 32.1 Å². The Morgan fingerprint density at radius 1 is 1.04 bits per heavy atom. The molecule has 2 aromatic carbocycles. The average Bonchev–Trinajstić information content (AvgIpc) is 2.69. The molecule has 1 unspecified atom stereocenters. The van der Waals surface area contributed by atoms with Crippen LogP contribution in [0.25, 0.3) is 0 Å². The van der Waals surface area contributed by atoms with Gasteiger partial charge in [-0.15, -0.1) is 0 Å². The molecule has 1 aliphatic heterocycles. The van der Waals surface area contributed by atoms with Crippen molar-refractivity contribution in [3.8, 4) is 0 Å². The second-order valence-electron chi connectivity index (χ2n) is 7.63. The highest BCUT2D eigenvalue weighted by molar-refractivity contribution is 5.70. The zero-order valence-corrected chi connectivity index (χ0v) is 16.6. The number of aliphatic carboxylic acids is 1. The summed E-state index contributed by atoms with van der Waals surface area (Å²) in [6.07, 6.45) is 2.47. The van der Waals surface area contributed by atoms with Crippen LogP contribution in [0.3, 0.4) is 0 Å². The van der Waals surface area contributed by atoms with Gasteiger partial charge in [0.25, 0.3) is 0 Å². The number of likely N-dealkylation sites (tertiary alicyclic amines) is 1. The van der Waals surface area contributed by atoms with E-state index in [-0.39, 0.29) is 12.0 Å². The molecule has 0 radical (unpaired) electrons. The van der Waals surface area contributed by atoms with E-state index in [9.17, 15) is 9.90 Å². The number of carbonyl (C=O) groups is 1. The van der Waals surface area contributed by atoms with Crippen LogP contribution in [0.4, 0.5) is 5.69 Å². The summed E-state index contributed by atoms with van der Waals surface area (Å²) in [6, 6.07) is 17.8. The standard InChI is InChI=1S/C23H30N2O2/c1-4-17-5-7-18(8-6-17)22(19-9-11-21(12-10-19)24(2)3)25-15-13-20(14-16-25)23(26)27/h5-12,20,22H,4,13-16H2,1-3H3,(H,26,27). The summed E-state index contributed by atoms with van der Waals surface area (Å²) in [5.41, 5.74) is 5.06. The van der Waals surface area contributed by atoms with Crippen LogP contribution in [0, 0.1) is 5.92 Å². The molecule has 2 aromatic rings. The lowest BCUT2D eigenvalue weighted by atomic mass is 9.91. The predicted octanol–water partition coefficient (Wildman–Crippen LogP) is 4.20. The molecule has 1 atom stereocenters. The van der Waals surface area contributed by atoms with Crippen LogP contribution in [0.5, 0.6) is 0 Å². The topological polar surface area (TPSA) is 43.8 Å². The van der Waals surface area contributed by atoms with Gasteiger partial charge in [-0.3, -0.25) is 9.69 Å². The molecule has 144 valence electrons. The molecule has 4 nitrogen and oxygen atoms in total. The lowest BCUT2D eigenvalue weighted by molar-refractivity contribution is -0.143. The van der Waals surface area contributed by atoms with Gasteiger partial charge in [-0.05, 0) is 61.2 Å². The number of hydrogen-bond acceptors (Lipinski definition) is 3. The first-order valence-electron chi connectivity index (χ1n) is 9.82. The fourth-order valence-corrected chi connectivity index (χ4v) is 3.91. The van der Waals surface area contributed by atoms with Gasteiger partial charge in [0.1, 0.15) is 0 Å². The van der Waals surface area contributed by atoms with Crippen LogP contribution in [0.15, 0.2) is 48.5 Å². The van der Waals surface area contributed by atoms with E-state index in [0.717, 1.165) is 19.5 Å². The highest BCUT2D eigenvalue weighted by Crippen LogP contribution is 2.33. The maximum absolute atomic E-state index is 11.3. The Kier molecular flexibility index (Phi) is 6.17. The number of piperidine rings is 1. The van der Waals surface area contributed by atoms with Gasteiger partial charge in [-0.25, -0.2) is 0 Å². The van der Waals surface area contributed by atoms with E-state index in [1.807, 2.05) is 14.1 Å². The molecule has 1 fully saturated rings. The highest BCUT2D eigenvalue weighted by Gasteiger charge is 2.30. The van der Waals surface area contributed by atoms with E-state index in [1.165, 1.54) is 22.4 Å². The summed E-state index contributed by atoms with van der Waals surface area (Å²) in [5, 5.41) is 9.31. The van der Waals surface area contributed by atoms with Gasteiger partial charge >= 0.3 is 5.97 Å². The fourth-order valence-electron chi connectivity index (χ4n) is 3.91. The van der Waals surface area contributed by atoms with Gasteiger partial charge in [-0.2, -0.15) is 0 Å². The number of nitrogens with zero attached hydrogens (tertiary/aromatic N) is 2. The number of benzene rings is 2. The van der Waals surface area contributed by atoms with Gasteiger partial charge in [0.15, 0.2) is 0 Å². The molecule has 4 heteroatoms. The molecule has 1 saturated heterocycles. The van der Waals surface area contributed by atoms with Crippen molar-refractivity contribution < 1.29 is 9.90 Å².